The Bertz CT molecular complexity index is 309. The third-order valence-electron chi connectivity index (χ3n) is 1.90. The smallest absolute Gasteiger partial charge is 0.265 e. The normalized spacial score (nSPS) is 14.1. The zero-order valence-electron chi connectivity index (χ0n) is 8.09. The Morgan fingerprint density at radius 1 is 1.50 bits per heavy atom. The van der Waals surface area contributed by atoms with Crippen LogP contribution in [0.15, 0.2) is 18.5 Å². The number of alkyl halides is 2. The van der Waals surface area contributed by atoms with Crippen LogP contribution in [0.2, 0.25) is 0 Å². The fourth-order valence-corrected chi connectivity index (χ4v) is 1.27. The average Bonchev–Trinajstić information content (AvgIpc) is 2.02. The Hall–Kier alpha value is -1.07. The van der Waals surface area contributed by atoms with Crippen molar-refractivity contribution >= 4 is 0 Å². The lowest BCUT2D eigenvalue weighted by Gasteiger charge is -2.22. The van der Waals surface area contributed by atoms with Crippen molar-refractivity contribution in [1.29, 1.82) is 0 Å². The molecule has 1 aromatic rings. The molecule has 0 amide bonds. The number of rotatable bonds is 3. The van der Waals surface area contributed by atoms with Crippen LogP contribution >= 0.6 is 0 Å². The van der Waals surface area contributed by atoms with Crippen molar-refractivity contribution in [2.24, 2.45) is 5.84 Å². The molecule has 0 aliphatic rings. The number of hydrogen-bond acceptors (Lipinski definition) is 3. The second-order valence-corrected chi connectivity index (χ2v) is 3.35. The van der Waals surface area contributed by atoms with Crippen LogP contribution in [0.25, 0.3) is 0 Å². The van der Waals surface area contributed by atoms with Gasteiger partial charge >= 0.3 is 0 Å². The van der Waals surface area contributed by atoms with Gasteiger partial charge in [-0.2, -0.15) is 0 Å². The molecule has 14 heavy (non-hydrogen) atoms. The lowest BCUT2D eigenvalue weighted by Crippen LogP contribution is -2.39. The number of aryl methyl sites for hydroxylation is 1. The minimum absolute atomic E-state index is 0.389. The van der Waals surface area contributed by atoms with Gasteiger partial charge in [0.1, 0.15) is 6.04 Å². The molecular weight excluding hydrogens is 188 g/mol. The number of hydrogen-bond donors (Lipinski definition) is 2. The van der Waals surface area contributed by atoms with Crippen LogP contribution in [0, 0.1) is 6.92 Å². The number of nitrogens with two attached hydrogens (primary N) is 1. The van der Waals surface area contributed by atoms with E-state index in [2.05, 4.69) is 10.4 Å². The number of aromatic nitrogens is 1. The second-order valence-electron chi connectivity index (χ2n) is 3.35. The first-order chi connectivity index (χ1) is 6.45. The molecule has 5 heteroatoms. The summed E-state index contributed by atoms with van der Waals surface area (Å²) in [4.78, 5) is 3.84. The number of hydrazine groups is 1. The molecule has 78 valence electrons. The van der Waals surface area contributed by atoms with E-state index >= 15 is 0 Å². The summed E-state index contributed by atoms with van der Waals surface area (Å²) in [6, 6.07) is 0.435. The summed E-state index contributed by atoms with van der Waals surface area (Å²) < 4.78 is 26.1. The van der Waals surface area contributed by atoms with E-state index in [0.29, 0.717) is 5.56 Å². The summed E-state index contributed by atoms with van der Waals surface area (Å²) in [6.07, 6.45) is 2.99. The fourth-order valence-electron chi connectivity index (χ4n) is 1.27. The molecule has 3 nitrogen and oxygen atoms in total. The molecule has 1 rings (SSSR count). The standard InChI is InChI=1S/C9H13F2N3/c1-6-3-7(5-13-4-6)8(14-12)9(2,10)11/h3-5,8,14H,12H2,1-2H3. The quantitative estimate of drug-likeness (QED) is 0.576. The number of nitrogens with zero attached hydrogens (tertiary/aromatic N) is 1. The predicted molar refractivity (Wildman–Crippen MR) is 49.7 cm³/mol. The summed E-state index contributed by atoms with van der Waals surface area (Å²) in [5.74, 6) is 2.17. The van der Waals surface area contributed by atoms with Gasteiger partial charge in [-0.25, -0.2) is 14.2 Å². The molecule has 0 aromatic carbocycles. The van der Waals surface area contributed by atoms with E-state index in [1.165, 1.54) is 6.20 Å². The van der Waals surface area contributed by atoms with Crippen LogP contribution in [0.1, 0.15) is 24.1 Å². The van der Waals surface area contributed by atoms with Gasteiger partial charge in [-0.05, 0) is 18.1 Å². The van der Waals surface area contributed by atoms with Gasteiger partial charge < -0.3 is 0 Å². The van der Waals surface area contributed by atoms with Gasteiger partial charge in [0.25, 0.3) is 5.92 Å². The average molecular weight is 201 g/mol. The molecule has 0 bridgehead atoms. The Kier molecular flexibility index (Phi) is 3.13. The maximum absolute atomic E-state index is 13.0. The summed E-state index contributed by atoms with van der Waals surface area (Å²) in [6.45, 7) is 2.61. The SMILES string of the molecule is Cc1cncc(C(NN)C(C)(F)F)c1. The zero-order valence-corrected chi connectivity index (χ0v) is 8.09. The molecule has 0 saturated heterocycles. The monoisotopic (exact) mass is 201 g/mol. The topological polar surface area (TPSA) is 50.9 Å². The van der Waals surface area contributed by atoms with Crippen LogP contribution in [0.3, 0.4) is 0 Å². The van der Waals surface area contributed by atoms with E-state index in [1.54, 1.807) is 19.2 Å². The van der Waals surface area contributed by atoms with Crippen LogP contribution in [-0.2, 0) is 0 Å². The molecule has 1 heterocycles. The highest BCUT2D eigenvalue weighted by Gasteiger charge is 2.34. The van der Waals surface area contributed by atoms with Crippen molar-refractivity contribution < 1.29 is 8.78 Å². The van der Waals surface area contributed by atoms with Gasteiger partial charge in [-0.3, -0.25) is 10.8 Å². The lowest BCUT2D eigenvalue weighted by atomic mass is 10.0. The summed E-state index contributed by atoms with van der Waals surface area (Å²) in [5, 5.41) is 0. The molecule has 0 aliphatic heterocycles. The van der Waals surface area contributed by atoms with Crippen molar-refractivity contribution in [1.82, 2.24) is 10.4 Å². The Balaban J connectivity index is 3.01. The molecule has 0 saturated carbocycles. The van der Waals surface area contributed by atoms with E-state index in [0.717, 1.165) is 12.5 Å². The Morgan fingerprint density at radius 3 is 2.57 bits per heavy atom. The molecule has 0 aliphatic carbocycles. The lowest BCUT2D eigenvalue weighted by molar-refractivity contribution is -0.0195. The molecule has 0 radical (unpaired) electrons. The third kappa shape index (κ3) is 2.46. The van der Waals surface area contributed by atoms with E-state index in [9.17, 15) is 8.78 Å². The summed E-state index contributed by atoms with van der Waals surface area (Å²) in [5.41, 5.74) is 3.31. The van der Waals surface area contributed by atoms with Crippen LogP contribution in [0.4, 0.5) is 8.78 Å². The van der Waals surface area contributed by atoms with Gasteiger partial charge in [-0.15, -0.1) is 0 Å². The summed E-state index contributed by atoms with van der Waals surface area (Å²) in [7, 11) is 0. The van der Waals surface area contributed by atoms with E-state index in [1.807, 2.05) is 0 Å². The first kappa shape index (κ1) is 11.0. The molecule has 1 unspecified atom stereocenters. The zero-order chi connectivity index (χ0) is 10.8. The van der Waals surface area contributed by atoms with Gasteiger partial charge in [0, 0.05) is 19.3 Å². The van der Waals surface area contributed by atoms with Crippen LogP contribution < -0.4 is 11.3 Å². The minimum Gasteiger partial charge on any atom is -0.271 e. The third-order valence-corrected chi connectivity index (χ3v) is 1.90. The molecule has 1 aromatic heterocycles. The molecule has 0 spiro atoms. The van der Waals surface area contributed by atoms with Crippen molar-refractivity contribution in [3.05, 3.63) is 29.6 Å². The maximum Gasteiger partial charge on any atom is 0.265 e. The number of halogens is 2. The highest BCUT2D eigenvalue weighted by molar-refractivity contribution is 5.21. The Labute approximate surface area is 81.3 Å². The second kappa shape index (κ2) is 3.98. The van der Waals surface area contributed by atoms with Crippen molar-refractivity contribution in [3.8, 4) is 0 Å². The van der Waals surface area contributed by atoms with E-state index in [4.69, 9.17) is 5.84 Å². The molecule has 1 atom stereocenters. The Morgan fingerprint density at radius 2 is 2.14 bits per heavy atom. The maximum atomic E-state index is 13.0. The van der Waals surface area contributed by atoms with Gasteiger partial charge in [-0.1, -0.05) is 6.07 Å². The fraction of sp³-hybridized carbons (Fsp3) is 0.444. The van der Waals surface area contributed by atoms with Gasteiger partial charge in [0.05, 0.1) is 0 Å². The highest BCUT2D eigenvalue weighted by atomic mass is 19.3. The van der Waals surface area contributed by atoms with Gasteiger partial charge in [0.15, 0.2) is 0 Å². The van der Waals surface area contributed by atoms with Crippen LogP contribution in [0.5, 0.6) is 0 Å². The number of pyridine rings is 1. The summed E-state index contributed by atoms with van der Waals surface area (Å²) >= 11 is 0. The number of nitrogens with one attached hydrogen (secondary N) is 1. The minimum atomic E-state index is -2.91. The largest absolute Gasteiger partial charge is 0.271 e. The molecule has 0 fully saturated rings. The van der Waals surface area contributed by atoms with E-state index < -0.39 is 12.0 Å². The van der Waals surface area contributed by atoms with Crippen molar-refractivity contribution in [2.45, 2.75) is 25.8 Å². The van der Waals surface area contributed by atoms with Gasteiger partial charge in [0.2, 0.25) is 0 Å². The predicted octanol–water partition coefficient (Wildman–Crippen LogP) is 1.55. The molecule has 3 N–H and O–H groups in total. The van der Waals surface area contributed by atoms with Crippen molar-refractivity contribution in [3.63, 3.8) is 0 Å². The van der Waals surface area contributed by atoms with Crippen LogP contribution in [-0.4, -0.2) is 10.9 Å². The first-order valence-electron chi connectivity index (χ1n) is 4.20. The van der Waals surface area contributed by atoms with Crippen molar-refractivity contribution in [2.75, 3.05) is 0 Å². The first-order valence-corrected chi connectivity index (χ1v) is 4.20. The molecular formula is C9H13F2N3. The highest BCUT2D eigenvalue weighted by Crippen LogP contribution is 2.29. The van der Waals surface area contributed by atoms with E-state index in [-0.39, 0.29) is 0 Å².